The Morgan fingerprint density at radius 2 is 2.09 bits per heavy atom. The third kappa shape index (κ3) is 6.74. The second kappa shape index (κ2) is 9.23. The zero-order valence-corrected chi connectivity index (χ0v) is 13.6. The largest absolute Gasteiger partial charge is 0.493 e. The second-order valence-corrected chi connectivity index (χ2v) is 5.38. The SMILES string of the molecule is COc1cc(C=CC(C)=O)ccc1OCC(O)CNC(C)C. The molecule has 22 heavy (non-hydrogen) atoms. The number of hydrogen-bond acceptors (Lipinski definition) is 5. The van der Waals surface area contributed by atoms with Gasteiger partial charge in [-0.2, -0.15) is 0 Å². The second-order valence-electron chi connectivity index (χ2n) is 5.38. The summed E-state index contributed by atoms with van der Waals surface area (Å²) >= 11 is 0. The highest BCUT2D eigenvalue weighted by Gasteiger charge is 2.09. The zero-order chi connectivity index (χ0) is 16.5. The minimum atomic E-state index is -0.593. The number of ether oxygens (including phenoxy) is 2. The van der Waals surface area contributed by atoms with Crippen LogP contribution in [0.25, 0.3) is 6.08 Å². The molecule has 0 heterocycles. The number of hydrogen-bond donors (Lipinski definition) is 2. The first kappa shape index (κ1) is 18.2. The average molecular weight is 307 g/mol. The van der Waals surface area contributed by atoms with Gasteiger partial charge >= 0.3 is 0 Å². The minimum absolute atomic E-state index is 0.0138. The van der Waals surface area contributed by atoms with E-state index in [1.165, 1.54) is 13.0 Å². The van der Waals surface area contributed by atoms with E-state index in [0.717, 1.165) is 5.56 Å². The molecule has 0 aliphatic heterocycles. The Labute approximate surface area is 131 Å². The molecule has 2 N–H and O–H groups in total. The van der Waals surface area contributed by atoms with Gasteiger partial charge in [0, 0.05) is 12.6 Å². The summed E-state index contributed by atoms with van der Waals surface area (Å²) in [5, 5.41) is 13.0. The van der Waals surface area contributed by atoms with E-state index in [1.807, 2.05) is 19.9 Å². The molecule has 0 aliphatic carbocycles. The van der Waals surface area contributed by atoms with Crippen molar-refractivity contribution in [3.63, 3.8) is 0 Å². The number of nitrogens with one attached hydrogen (secondary N) is 1. The molecule has 0 saturated carbocycles. The van der Waals surface area contributed by atoms with Crippen LogP contribution in [-0.4, -0.2) is 43.3 Å². The van der Waals surface area contributed by atoms with Crippen molar-refractivity contribution in [1.82, 2.24) is 5.32 Å². The van der Waals surface area contributed by atoms with E-state index in [1.54, 1.807) is 25.3 Å². The van der Waals surface area contributed by atoms with Gasteiger partial charge in [-0.1, -0.05) is 26.0 Å². The van der Waals surface area contributed by atoms with Crippen LogP contribution in [0.5, 0.6) is 11.5 Å². The molecule has 1 atom stereocenters. The lowest BCUT2D eigenvalue weighted by atomic mass is 10.1. The summed E-state index contributed by atoms with van der Waals surface area (Å²) in [6.07, 6.45) is 2.62. The molecular weight excluding hydrogens is 282 g/mol. The summed E-state index contributed by atoms with van der Waals surface area (Å²) in [5.41, 5.74) is 0.849. The van der Waals surface area contributed by atoms with E-state index in [9.17, 15) is 9.90 Å². The number of carbonyl (C=O) groups excluding carboxylic acids is 1. The van der Waals surface area contributed by atoms with Gasteiger partial charge < -0.3 is 19.9 Å². The van der Waals surface area contributed by atoms with Crippen LogP contribution in [0.1, 0.15) is 26.3 Å². The van der Waals surface area contributed by atoms with Crippen molar-refractivity contribution in [2.24, 2.45) is 0 Å². The summed E-state index contributed by atoms with van der Waals surface area (Å²) < 4.78 is 10.9. The van der Waals surface area contributed by atoms with Gasteiger partial charge in [0.05, 0.1) is 7.11 Å². The van der Waals surface area contributed by atoms with Crippen LogP contribution in [0.15, 0.2) is 24.3 Å². The Kier molecular flexibility index (Phi) is 7.63. The third-order valence-electron chi connectivity index (χ3n) is 2.89. The van der Waals surface area contributed by atoms with Gasteiger partial charge in [0.25, 0.3) is 0 Å². The van der Waals surface area contributed by atoms with Crippen LogP contribution >= 0.6 is 0 Å². The molecule has 0 aliphatic rings. The smallest absolute Gasteiger partial charge is 0.161 e. The molecule has 5 heteroatoms. The average Bonchev–Trinajstić information content (AvgIpc) is 2.48. The lowest BCUT2D eigenvalue weighted by Crippen LogP contribution is -2.35. The Morgan fingerprint density at radius 3 is 2.68 bits per heavy atom. The fraction of sp³-hybridized carbons (Fsp3) is 0.471. The van der Waals surface area contributed by atoms with Gasteiger partial charge in [0.15, 0.2) is 17.3 Å². The summed E-state index contributed by atoms with van der Waals surface area (Å²) in [4.78, 5) is 10.9. The van der Waals surface area contributed by atoms with E-state index in [4.69, 9.17) is 9.47 Å². The quantitative estimate of drug-likeness (QED) is 0.683. The maximum atomic E-state index is 10.9. The van der Waals surface area contributed by atoms with Crippen LogP contribution in [0.3, 0.4) is 0 Å². The van der Waals surface area contributed by atoms with Crippen molar-refractivity contribution < 1.29 is 19.4 Å². The number of benzene rings is 1. The van der Waals surface area contributed by atoms with Gasteiger partial charge in [-0.15, -0.1) is 0 Å². The first-order valence-electron chi connectivity index (χ1n) is 7.33. The molecule has 0 bridgehead atoms. The topological polar surface area (TPSA) is 67.8 Å². The fourth-order valence-corrected chi connectivity index (χ4v) is 1.74. The maximum Gasteiger partial charge on any atom is 0.161 e. The highest BCUT2D eigenvalue weighted by molar-refractivity contribution is 5.91. The van der Waals surface area contributed by atoms with Gasteiger partial charge in [0.1, 0.15) is 12.7 Å². The van der Waals surface area contributed by atoms with Crippen molar-refractivity contribution >= 4 is 11.9 Å². The predicted octanol–water partition coefficient (Wildman–Crippen LogP) is 2.04. The molecule has 122 valence electrons. The Hall–Kier alpha value is -1.85. The first-order chi connectivity index (χ1) is 10.4. The Bertz CT molecular complexity index is 511. The Morgan fingerprint density at radius 1 is 1.36 bits per heavy atom. The Balaban J connectivity index is 2.65. The van der Waals surface area contributed by atoms with Crippen LogP contribution < -0.4 is 14.8 Å². The number of methoxy groups -OCH3 is 1. The number of carbonyl (C=O) groups is 1. The molecule has 0 radical (unpaired) electrons. The molecule has 1 aromatic carbocycles. The third-order valence-corrected chi connectivity index (χ3v) is 2.89. The monoisotopic (exact) mass is 307 g/mol. The number of rotatable bonds is 9. The van der Waals surface area contributed by atoms with E-state index in [2.05, 4.69) is 5.32 Å². The fourth-order valence-electron chi connectivity index (χ4n) is 1.74. The molecule has 0 spiro atoms. The van der Waals surface area contributed by atoms with E-state index < -0.39 is 6.10 Å². The zero-order valence-electron chi connectivity index (χ0n) is 13.6. The number of aliphatic hydroxyl groups excluding tert-OH is 1. The normalized spacial score (nSPS) is 12.6. The van der Waals surface area contributed by atoms with Gasteiger partial charge in [-0.05, 0) is 30.7 Å². The van der Waals surface area contributed by atoms with E-state index in [-0.39, 0.29) is 12.4 Å². The van der Waals surface area contributed by atoms with Crippen molar-refractivity contribution in [3.8, 4) is 11.5 Å². The number of ketones is 1. The maximum absolute atomic E-state index is 10.9. The van der Waals surface area contributed by atoms with Crippen LogP contribution in [0, 0.1) is 0 Å². The van der Waals surface area contributed by atoms with Gasteiger partial charge in [-0.25, -0.2) is 0 Å². The molecule has 5 nitrogen and oxygen atoms in total. The summed E-state index contributed by atoms with van der Waals surface area (Å²) in [6.45, 7) is 6.18. The standard InChI is InChI=1S/C17H25NO4/c1-12(2)18-10-15(20)11-22-16-8-7-14(6-5-13(3)19)9-17(16)21-4/h5-9,12,15,18,20H,10-11H2,1-4H3. The first-order valence-corrected chi connectivity index (χ1v) is 7.33. The molecule has 1 rings (SSSR count). The van der Waals surface area contributed by atoms with Crippen molar-refractivity contribution in [2.75, 3.05) is 20.3 Å². The highest BCUT2D eigenvalue weighted by atomic mass is 16.5. The molecule has 1 aromatic rings. The lowest BCUT2D eigenvalue weighted by Gasteiger charge is -2.16. The predicted molar refractivity (Wildman–Crippen MR) is 87.3 cm³/mol. The summed E-state index contributed by atoms with van der Waals surface area (Å²) in [7, 11) is 1.55. The molecule has 0 aromatic heterocycles. The number of aliphatic hydroxyl groups is 1. The van der Waals surface area contributed by atoms with Gasteiger partial charge in [0.2, 0.25) is 0 Å². The molecule has 0 saturated heterocycles. The minimum Gasteiger partial charge on any atom is -0.493 e. The van der Waals surface area contributed by atoms with Crippen LogP contribution in [0.2, 0.25) is 0 Å². The summed E-state index contributed by atoms with van der Waals surface area (Å²) in [6, 6.07) is 5.70. The van der Waals surface area contributed by atoms with Crippen molar-refractivity contribution in [3.05, 3.63) is 29.8 Å². The number of allylic oxidation sites excluding steroid dienone is 1. The van der Waals surface area contributed by atoms with Gasteiger partial charge in [-0.3, -0.25) is 4.79 Å². The van der Waals surface area contributed by atoms with Crippen molar-refractivity contribution in [1.29, 1.82) is 0 Å². The highest BCUT2D eigenvalue weighted by Crippen LogP contribution is 2.28. The van der Waals surface area contributed by atoms with Crippen LogP contribution in [-0.2, 0) is 4.79 Å². The summed E-state index contributed by atoms with van der Waals surface area (Å²) in [5.74, 6) is 1.11. The van der Waals surface area contributed by atoms with Crippen molar-refractivity contribution in [2.45, 2.75) is 32.9 Å². The van der Waals surface area contributed by atoms with E-state index in [0.29, 0.717) is 24.1 Å². The molecular formula is C17H25NO4. The lowest BCUT2D eigenvalue weighted by molar-refractivity contribution is -0.112. The molecule has 0 fully saturated rings. The molecule has 1 unspecified atom stereocenters. The molecule has 0 amide bonds. The van der Waals surface area contributed by atoms with Crippen LogP contribution in [0.4, 0.5) is 0 Å². The van der Waals surface area contributed by atoms with E-state index >= 15 is 0 Å².